The van der Waals surface area contributed by atoms with Crippen molar-refractivity contribution in [2.24, 2.45) is 4.99 Å². The maximum absolute atomic E-state index is 12.4. The van der Waals surface area contributed by atoms with Gasteiger partial charge < -0.3 is 10.4 Å². The van der Waals surface area contributed by atoms with Gasteiger partial charge in [-0.25, -0.2) is 18.1 Å². The van der Waals surface area contributed by atoms with Crippen LogP contribution in [0.1, 0.15) is 39.2 Å². The Balaban J connectivity index is 2.36. The summed E-state index contributed by atoms with van der Waals surface area (Å²) in [5, 5.41) is 12.2. The first kappa shape index (κ1) is 16.8. The van der Waals surface area contributed by atoms with Crippen molar-refractivity contribution in [2.45, 2.75) is 50.5 Å². The standard InChI is InChI=1S/C15H23N3O3S/c1-4-5-6-11-7-8-12-13(9-11)22(20,21)18-14(16-12)17-15(2,3)10-19/h7-9,19H,4-6,10H2,1-3H3,(H2,16,17,18). The summed E-state index contributed by atoms with van der Waals surface area (Å²) in [6.07, 6.45) is 2.95. The highest BCUT2D eigenvalue weighted by Crippen LogP contribution is 2.27. The Hall–Kier alpha value is -1.60. The SMILES string of the molecule is CCCCc1ccc2c(c1)S(=O)(=O)NC(=NC(C)(C)CO)N2. The molecule has 0 atom stereocenters. The van der Waals surface area contributed by atoms with Crippen LogP contribution in [0.5, 0.6) is 0 Å². The largest absolute Gasteiger partial charge is 0.394 e. The molecule has 1 aliphatic heterocycles. The third kappa shape index (κ3) is 3.78. The molecule has 1 aromatic rings. The number of unbranched alkanes of at least 4 members (excludes halogenated alkanes) is 1. The van der Waals surface area contributed by atoms with Crippen molar-refractivity contribution in [1.82, 2.24) is 4.72 Å². The van der Waals surface area contributed by atoms with Crippen molar-refractivity contribution < 1.29 is 13.5 Å². The normalized spacial score (nSPS) is 18.5. The summed E-state index contributed by atoms with van der Waals surface area (Å²) >= 11 is 0. The summed E-state index contributed by atoms with van der Waals surface area (Å²) < 4.78 is 27.2. The van der Waals surface area contributed by atoms with Crippen LogP contribution in [0, 0.1) is 0 Å². The molecule has 0 aromatic heterocycles. The van der Waals surface area contributed by atoms with Gasteiger partial charge in [0.1, 0.15) is 4.90 Å². The van der Waals surface area contributed by atoms with Gasteiger partial charge in [-0.05, 0) is 44.4 Å². The zero-order valence-electron chi connectivity index (χ0n) is 13.2. The lowest BCUT2D eigenvalue weighted by Gasteiger charge is -2.25. The van der Waals surface area contributed by atoms with Gasteiger partial charge >= 0.3 is 0 Å². The van der Waals surface area contributed by atoms with Crippen LogP contribution >= 0.6 is 0 Å². The lowest BCUT2D eigenvalue weighted by molar-refractivity contribution is 0.222. The number of nitrogens with zero attached hydrogens (tertiary/aromatic N) is 1. The van der Waals surface area contributed by atoms with E-state index in [1.165, 1.54) is 0 Å². The van der Waals surface area contributed by atoms with Gasteiger partial charge in [0, 0.05) is 0 Å². The van der Waals surface area contributed by atoms with Gasteiger partial charge in [-0.15, -0.1) is 0 Å². The number of anilines is 1. The maximum atomic E-state index is 12.4. The topological polar surface area (TPSA) is 90.8 Å². The molecule has 2 rings (SSSR count). The lowest BCUT2D eigenvalue weighted by atomic mass is 10.1. The summed E-state index contributed by atoms with van der Waals surface area (Å²) in [5.74, 6) is 0.132. The molecule has 0 unspecified atom stereocenters. The first-order valence-electron chi connectivity index (χ1n) is 7.41. The van der Waals surface area contributed by atoms with E-state index in [2.05, 4.69) is 22.0 Å². The van der Waals surface area contributed by atoms with E-state index in [1.807, 2.05) is 6.07 Å². The second kappa shape index (κ2) is 6.26. The summed E-state index contributed by atoms with van der Waals surface area (Å²) in [7, 11) is -3.64. The van der Waals surface area contributed by atoms with Crippen LogP contribution in [0.3, 0.4) is 0 Å². The molecule has 0 spiro atoms. The predicted molar refractivity (Wildman–Crippen MR) is 87.6 cm³/mol. The zero-order chi connectivity index (χ0) is 16.4. The summed E-state index contributed by atoms with van der Waals surface area (Å²) in [5.41, 5.74) is 0.749. The van der Waals surface area contributed by atoms with E-state index >= 15 is 0 Å². The van der Waals surface area contributed by atoms with E-state index in [0.29, 0.717) is 5.69 Å². The minimum Gasteiger partial charge on any atom is -0.394 e. The minimum absolute atomic E-state index is 0.132. The Bertz CT molecular complexity index is 681. The number of aliphatic imine (C=N–C) groups is 1. The quantitative estimate of drug-likeness (QED) is 0.770. The van der Waals surface area contributed by atoms with Crippen LogP contribution in [0.25, 0.3) is 0 Å². The van der Waals surface area contributed by atoms with E-state index in [1.54, 1.807) is 26.0 Å². The maximum Gasteiger partial charge on any atom is 0.266 e. The van der Waals surface area contributed by atoms with Gasteiger partial charge in [-0.2, -0.15) is 0 Å². The average Bonchev–Trinajstić information content (AvgIpc) is 2.44. The molecule has 122 valence electrons. The second-order valence-electron chi connectivity index (χ2n) is 6.10. The molecule has 1 aliphatic rings. The molecule has 0 saturated carbocycles. The highest BCUT2D eigenvalue weighted by Gasteiger charge is 2.28. The Morgan fingerprint density at radius 1 is 1.32 bits per heavy atom. The highest BCUT2D eigenvalue weighted by atomic mass is 32.2. The number of fused-ring (bicyclic) bond motifs is 1. The van der Waals surface area contributed by atoms with Crippen LogP contribution in [-0.2, 0) is 16.4 Å². The summed E-state index contributed by atoms with van der Waals surface area (Å²) in [4.78, 5) is 4.46. The van der Waals surface area contributed by atoms with E-state index in [9.17, 15) is 13.5 Å². The van der Waals surface area contributed by atoms with E-state index in [4.69, 9.17) is 0 Å². The molecule has 0 saturated heterocycles. The molecule has 0 amide bonds. The molecule has 3 N–H and O–H groups in total. The number of hydrogen-bond donors (Lipinski definition) is 3. The highest BCUT2D eigenvalue weighted by molar-refractivity contribution is 7.90. The fourth-order valence-corrected chi connectivity index (χ4v) is 3.33. The van der Waals surface area contributed by atoms with Gasteiger partial charge in [0.25, 0.3) is 10.0 Å². The first-order valence-corrected chi connectivity index (χ1v) is 8.89. The van der Waals surface area contributed by atoms with Gasteiger partial charge in [-0.3, -0.25) is 0 Å². The Kier molecular flexibility index (Phi) is 4.77. The number of aliphatic hydroxyl groups excluding tert-OH is 1. The van der Waals surface area contributed by atoms with Crippen molar-refractivity contribution in [2.75, 3.05) is 11.9 Å². The van der Waals surface area contributed by atoms with Gasteiger partial charge in [0.05, 0.1) is 17.8 Å². The number of aryl methyl sites for hydroxylation is 1. The number of hydrogen-bond acceptors (Lipinski definition) is 4. The molecule has 6 nitrogen and oxygen atoms in total. The fourth-order valence-electron chi connectivity index (χ4n) is 2.15. The summed E-state index contributed by atoms with van der Waals surface area (Å²) in [6.45, 7) is 5.37. The van der Waals surface area contributed by atoms with Gasteiger partial charge in [0.15, 0.2) is 0 Å². The molecular weight excluding hydrogens is 302 g/mol. The van der Waals surface area contributed by atoms with Crippen LogP contribution in [0.15, 0.2) is 28.1 Å². The zero-order valence-corrected chi connectivity index (χ0v) is 14.0. The monoisotopic (exact) mass is 325 g/mol. The first-order chi connectivity index (χ1) is 10.3. The van der Waals surface area contributed by atoms with Crippen molar-refractivity contribution in [3.05, 3.63) is 23.8 Å². The van der Waals surface area contributed by atoms with Crippen molar-refractivity contribution in [3.8, 4) is 0 Å². The van der Waals surface area contributed by atoms with Crippen LogP contribution < -0.4 is 10.0 Å². The minimum atomic E-state index is -3.64. The third-order valence-corrected chi connectivity index (χ3v) is 4.82. The molecule has 7 heteroatoms. The van der Waals surface area contributed by atoms with Crippen molar-refractivity contribution in [1.29, 1.82) is 0 Å². The Morgan fingerprint density at radius 2 is 2.05 bits per heavy atom. The molecule has 0 bridgehead atoms. The molecular formula is C15H23N3O3S. The fraction of sp³-hybridized carbons (Fsp3) is 0.533. The van der Waals surface area contributed by atoms with Gasteiger partial charge in [-0.1, -0.05) is 19.4 Å². The average molecular weight is 325 g/mol. The number of aliphatic hydroxyl groups is 1. The van der Waals surface area contributed by atoms with Crippen molar-refractivity contribution >= 4 is 21.7 Å². The van der Waals surface area contributed by atoms with E-state index < -0.39 is 15.6 Å². The molecule has 0 aliphatic carbocycles. The van der Waals surface area contributed by atoms with E-state index in [0.717, 1.165) is 24.8 Å². The lowest BCUT2D eigenvalue weighted by Crippen LogP contribution is -2.43. The smallest absolute Gasteiger partial charge is 0.266 e. The molecule has 0 radical (unpaired) electrons. The van der Waals surface area contributed by atoms with Crippen molar-refractivity contribution in [3.63, 3.8) is 0 Å². The number of sulfonamides is 1. The number of rotatable bonds is 5. The van der Waals surface area contributed by atoms with E-state index in [-0.39, 0.29) is 17.5 Å². The Morgan fingerprint density at radius 3 is 2.68 bits per heavy atom. The van der Waals surface area contributed by atoms with Gasteiger partial charge in [0.2, 0.25) is 5.96 Å². The number of benzene rings is 1. The molecule has 1 heterocycles. The molecule has 1 aromatic carbocycles. The summed E-state index contributed by atoms with van der Waals surface area (Å²) in [6, 6.07) is 5.39. The predicted octanol–water partition coefficient (Wildman–Crippen LogP) is 1.86. The number of guanidine groups is 1. The molecule has 22 heavy (non-hydrogen) atoms. The van der Waals surface area contributed by atoms with Crippen LogP contribution in [-0.4, -0.2) is 31.6 Å². The second-order valence-corrected chi connectivity index (χ2v) is 7.75. The third-order valence-electron chi connectivity index (χ3n) is 3.44. The number of nitrogens with one attached hydrogen (secondary N) is 2. The molecule has 0 fully saturated rings. The van der Waals surface area contributed by atoms with Crippen LogP contribution in [0.4, 0.5) is 5.69 Å². The Labute approximate surface area is 131 Å². The van der Waals surface area contributed by atoms with Crippen LogP contribution in [0.2, 0.25) is 0 Å².